The summed E-state index contributed by atoms with van der Waals surface area (Å²) in [6, 6.07) is 0. The minimum Gasteiger partial charge on any atom is -0.394 e. The van der Waals surface area contributed by atoms with Crippen molar-refractivity contribution in [2.24, 2.45) is 0 Å². The normalized spacial score (nSPS) is 49.2. The van der Waals surface area contributed by atoms with Crippen LogP contribution in [0.4, 0.5) is 0 Å². The van der Waals surface area contributed by atoms with Crippen molar-refractivity contribution in [2.45, 2.75) is 196 Å². The van der Waals surface area contributed by atoms with Crippen LogP contribution in [0, 0.1) is 0 Å². The van der Waals surface area contributed by atoms with Gasteiger partial charge in [0.05, 0.1) is 52.9 Å². The van der Waals surface area contributed by atoms with Crippen LogP contribution in [0.15, 0.2) is 0 Å². The number of aliphatic hydroxyl groups excluding tert-OH is 22. The van der Waals surface area contributed by atoms with Gasteiger partial charge < -0.3 is 169 Å². The van der Waals surface area contributed by atoms with Crippen LogP contribution in [0.5, 0.6) is 0 Å². The average molecular weight is 1090 g/mol. The van der Waals surface area contributed by atoms with Crippen LogP contribution in [0.25, 0.3) is 0 Å². The van der Waals surface area contributed by atoms with Crippen molar-refractivity contribution >= 4 is 0 Å². The zero-order valence-electron chi connectivity index (χ0n) is 38.9. The first-order chi connectivity index (χ1) is 35.0. The highest BCUT2D eigenvalue weighted by atomic mass is 16.8. The minimum atomic E-state index is -2.29. The van der Waals surface area contributed by atoms with Gasteiger partial charge in [-0.15, -0.1) is 0 Å². The van der Waals surface area contributed by atoms with Gasteiger partial charge in [0, 0.05) is 0 Å². The van der Waals surface area contributed by atoms with Gasteiger partial charge in [-0.25, -0.2) is 0 Å². The third-order valence-corrected chi connectivity index (χ3v) is 13.4. The largest absolute Gasteiger partial charge is 0.394 e. The first-order valence-corrected chi connectivity index (χ1v) is 23.4. The Kier molecular flexibility index (Phi) is 22.7. The maximum absolute atomic E-state index is 11.6. The molecule has 0 aromatic rings. The van der Waals surface area contributed by atoms with E-state index in [2.05, 4.69) is 0 Å². The molecular formula is C40H70O34. The number of hydrogen-bond donors (Lipinski definition) is 22. The van der Waals surface area contributed by atoms with Crippen LogP contribution in [-0.2, 0) is 56.8 Å². The Morgan fingerprint density at radius 2 is 0.770 bits per heavy atom. The number of hydrogen-bond acceptors (Lipinski definition) is 34. The van der Waals surface area contributed by atoms with Gasteiger partial charge >= 0.3 is 0 Å². The molecule has 34 heteroatoms. The summed E-state index contributed by atoms with van der Waals surface area (Å²) in [6.45, 7) is -6.96. The summed E-state index contributed by atoms with van der Waals surface area (Å²) in [5.41, 5.74) is 0. The Balaban J connectivity index is 1.18. The van der Waals surface area contributed by atoms with Gasteiger partial charge in [-0.05, 0) is 0 Å². The molecule has 6 aliphatic rings. The third-order valence-electron chi connectivity index (χ3n) is 13.4. The van der Waals surface area contributed by atoms with Crippen LogP contribution in [0.3, 0.4) is 0 Å². The Hall–Kier alpha value is -1.36. The highest BCUT2D eigenvalue weighted by Gasteiger charge is 2.56. The van der Waals surface area contributed by atoms with Crippen molar-refractivity contribution < 1.29 is 169 Å². The highest BCUT2D eigenvalue weighted by Crippen LogP contribution is 2.35. The molecule has 0 bridgehead atoms. The highest BCUT2D eigenvalue weighted by molar-refractivity contribution is 4.98. The van der Waals surface area contributed by atoms with E-state index in [-0.39, 0.29) is 0 Å². The number of aliphatic hydroxyl groups is 22. The summed E-state index contributed by atoms with van der Waals surface area (Å²) in [6.07, 6.45) is -62.1. The molecule has 6 heterocycles. The third kappa shape index (κ3) is 13.6. The Morgan fingerprint density at radius 3 is 1.32 bits per heavy atom. The molecule has 434 valence electrons. The zero-order valence-corrected chi connectivity index (χ0v) is 38.9. The number of rotatable bonds is 21. The lowest BCUT2D eigenvalue weighted by atomic mass is 9.95. The Labute approximate surface area is 418 Å². The van der Waals surface area contributed by atoms with Crippen molar-refractivity contribution in [3.63, 3.8) is 0 Å². The first-order valence-electron chi connectivity index (χ1n) is 23.4. The molecule has 6 aliphatic heterocycles. The fraction of sp³-hybridized carbons (Fsp3) is 1.00. The molecule has 34 nitrogen and oxygen atoms in total. The number of ether oxygens (including phenoxy) is 12. The van der Waals surface area contributed by atoms with E-state index in [1.54, 1.807) is 0 Å². The second-order valence-electron chi connectivity index (χ2n) is 18.5. The van der Waals surface area contributed by atoms with Gasteiger partial charge in [0.15, 0.2) is 37.7 Å². The topological polar surface area (TPSA) is 556 Å². The first kappa shape index (κ1) is 61.8. The van der Waals surface area contributed by atoms with E-state index in [9.17, 15) is 112 Å². The fourth-order valence-electron chi connectivity index (χ4n) is 8.81. The van der Waals surface area contributed by atoms with Gasteiger partial charge in [0.2, 0.25) is 0 Å². The molecule has 0 aromatic heterocycles. The van der Waals surface area contributed by atoms with E-state index in [4.69, 9.17) is 56.8 Å². The van der Waals surface area contributed by atoms with Crippen LogP contribution < -0.4 is 0 Å². The van der Waals surface area contributed by atoms with Gasteiger partial charge in [-0.1, -0.05) is 0 Å². The molecule has 0 amide bonds. The molecule has 32 atom stereocenters. The molecule has 0 spiro atoms. The summed E-state index contributed by atoms with van der Waals surface area (Å²) >= 11 is 0. The van der Waals surface area contributed by atoms with Crippen LogP contribution in [0.2, 0.25) is 0 Å². The van der Waals surface area contributed by atoms with E-state index in [0.29, 0.717) is 0 Å². The quantitative estimate of drug-likeness (QED) is 0.0507. The summed E-state index contributed by atoms with van der Waals surface area (Å²) in [4.78, 5) is 0. The summed E-state index contributed by atoms with van der Waals surface area (Å²) in [7, 11) is 0. The molecule has 6 rings (SSSR count). The SMILES string of the molecule is OC[C@@H](O)[C@@H](O[C@@H]1O[C@H](CO)[C@@H](O[C@@H]2O[C@H](CO[C@H]3OC[C@@H](O)[C@H](O)[C@H]3O)[C@@H](O[C@@H]3O[C@H](CO[C@H]4OC[C@@H](O)[C@H](O)[C@H]4O[C@@H]4O[C@H](CO)[C@H](O)[C@H](O)[C@H]4O)[C@@H](O)[C@H](O)[C@H]3O)[C@H](O)[C@H]2O)[C@H](O)[C@H]1O)[C@H](O)[C@@H](O)CO. The summed E-state index contributed by atoms with van der Waals surface area (Å²) in [5, 5.41) is 231. The van der Waals surface area contributed by atoms with Crippen molar-refractivity contribution in [1.29, 1.82) is 0 Å². The van der Waals surface area contributed by atoms with Crippen LogP contribution in [0.1, 0.15) is 0 Å². The molecule has 0 unspecified atom stereocenters. The minimum absolute atomic E-state index is 0.560. The summed E-state index contributed by atoms with van der Waals surface area (Å²) in [5.74, 6) is 0. The van der Waals surface area contributed by atoms with E-state index >= 15 is 0 Å². The van der Waals surface area contributed by atoms with Crippen molar-refractivity contribution in [1.82, 2.24) is 0 Å². The lowest BCUT2D eigenvalue weighted by Crippen LogP contribution is -2.67. The predicted octanol–water partition coefficient (Wildman–Crippen LogP) is -15.4. The lowest BCUT2D eigenvalue weighted by molar-refractivity contribution is -0.388. The Bertz CT molecular complexity index is 1660. The van der Waals surface area contributed by atoms with Crippen molar-refractivity contribution in [3.8, 4) is 0 Å². The molecule has 6 fully saturated rings. The Morgan fingerprint density at radius 1 is 0.365 bits per heavy atom. The molecular weight excluding hydrogens is 1020 g/mol. The molecule has 0 saturated carbocycles. The van der Waals surface area contributed by atoms with Crippen LogP contribution >= 0.6 is 0 Å². The molecule has 0 aliphatic carbocycles. The zero-order chi connectivity index (χ0) is 54.6. The van der Waals surface area contributed by atoms with Crippen molar-refractivity contribution in [2.75, 3.05) is 52.9 Å². The fourth-order valence-corrected chi connectivity index (χ4v) is 8.81. The monoisotopic (exact) mass is 1090 g/mol. The molecule has 0 radical (unpaired) electrons. The average Bonchev–Trinajstić information content (AvgIpc) is 3.39. The van der Waals surface area contributed by atoms with E-state index in [0.717, 1.165) is 0 Å². The van der Waals surface area contributed by atoms with E-state index in [1.807, 2.05) is 0 Å². The van der Waals surface area contributed by atoms with Gasteiger partial charge in [0.25, 0.3) is 0 Å². The summed E-state index contributed by atoms with van der Waals surface area (Å²) < 4.78 is 67.1. The van der Waals surface area contributed by atoms with Gasteiger partial charge in [-0.2, -0.15) is 0 Å². The van der Waals surface area contributed by atoms with Gasteiger partial charge in [-0.3, -0.25) is 0 Å². The van der Waals surface area contributed by atoms with Gasteiger partial charge in [0.1, 0.15) is 159 Å². The molecule has 22 N–H and O–H groups in total. The molecule has 6 saturated heterocycles. The standard InChI is InChI=1S/C40H70O34/c41-1-9(45)18(50)31(10(46)2-42)71-38-29(61)24(56)32(14(4-44)68-38)72-39-30(62)25(57)33(16(70-39)8-65-35-26(58)17(49)11(47)5-63-35)73-37-28(60)23(55)21(53)15(69-37)7-66-40-34(19(51)12(48)6-64-40)74-36-27(59)22(54)20(52)13(3-43)67-36/h9-62H,1-8H2/t9-,10+,11+,12+,13+,14+,15+,16+,17-,18+,19-,20-,21+,22-,23-,24+,25+,26+,27+,28+,29+,30+,31+,32+,33+,34+,35+,36-,37-,38-,39-,40+/m0/s1. The van der Waals surface area contributed by atoms with Crippen LogP contribution in [-0.4, -0.2) is 362 Å². The molecule has 0 aromatic carbocycles. The second kappa shape index (κ2) is 27.2. The van der Waals surface area contributed by atoms with Crippen molar-refractivity contribution in [3.05, 3.63) is 0 Å². The lowest BCUT2D eigenvalue weighted by Gasteiger charge is -2.49. The second-order valence-corrected chi connectivity index (χ2v) is 18.5. The smallest absolute Gasteiger partial charge is 0.187 e. The molecule has 74 heavy (non-hydrogen) atoms. The van der Waals surface area contributed by atoms with E-state index in [1.165, 1.54) is 0 Å². The predicted molar refractivity (Wildman–Crippen MR) is 222 cm³/mol. The maximum atomic E-state index is 11.6. The van der Waals surface area contributed by atoms with E-state index < -0.39 is 249 Å². The maximum Gasteiger partial charge on any atom is 0.187 e.